The summed E-state index contributed by atoms with van der Waals surface area (Å²) in [6.45, 7) is 5.37. The van der Waals surface area contributed by atoms with Crippen LogP contribution in [-0.4, -0.2) is 69.5 Å². The molecule has 1 amide bonds. The van der Waals surface area contributed by atoms with E-state index in [4.69, 9.17) is 37.8 Å². The highest BCUT2D eigenvalue weighted by Gasteiger charge is 2.31. The number of hydrogen-bond donors (Lipinski definition) is 2. The van der Waals surface area contributed by atoms with Crippen LogP contribution in [-0.2, 0) is 17.6 Å². The van der Waals surface area contributed by atoms with Gasteiger partial charge in [-0.25, -0.2) is 0 Å². The predicted molar refractivity (Wildman–Crippen MR) is 159 cm³/mol. The van der Waals surface area contributed by atoms with Gasteiger partial charge in [-0.3, -0.25) is 9.89 Å². The number of rotatable bonds is 10. The summed E-state index contributed by atoms with van der Waals surface area (Å²) >= 11 is 13.5. The van der Waals surface area contributed by atoms with Crippen molar-refractivity contribution in [1.82, 2.24) is 15.1 Å². The molecule has 4 rings (SSSR count). The van der Waals surface area contributed by atoms with E-state index in [9.17, 15) is 4.79 Å². The third-order valence-electron chi connectivity index (χ3n) is 7.19. The summed E-state index contributed by atoms with van der Waals surface area (Å²) in [5, 5.41) is 11.9. The summed E-state index contributed by atoms with van der Waals surface area (Å²) in [5.41, 5.74) is 6.36. The van der Waals surface area contributed by atoms with Crippen LogP contribution >= 0.6 is 23.2 Å². The zero-order valence-corrected chi connectivity index (χ0v) is 24.5. The first-order chi connectivity index (χ1) is 18.7. The second-order valence-corrected chi connectivity index (χ2v) is 10.7. The number of likely N-dealkylation sites (N-methyl/N-ethyl adjacent to an activating group) is 2. The maximum atomic E-state index is 12.2. The lowest BCUT2D eigenvalue weighted by molar-refractivity contribution is -0.111. The molecule has 1 aliphatic carbocycles. The van der Waals surface area contributed by atoms with Crippen molar-refractivity contribution in [2.24, 2.45) is 0 Å². The van der Waals surface area contributed by atoms with Crippen molar-refractivity contribution >= 4 is 40.5 Å². The van der Waals surface area contributed by atoms with Gasteiger partial charge in [-0.05, 0) is 63.6 Å². The van der Waals surface area contributed by atoms with Crippen LogP contribution in [0.15, 0.2) is 36.9 Å². The highest BCUT2D eigenvalue weighted by Crippen LogP contribution is 2.48. The first kappa shape index (κ1) is 28.8. The molecular weight excluding hydrogens is 537 g/mol. The van der Waals surface area contributed by atoms with Crippen LogP contribution in [0.5, 0.6) is 11.5 Å². The molecule has 10 heteroatoms. The fourth-order valence-corrected chi connectivity index (χ4v) is 5.79. The molecule has 0 bridgehead atoms. The molecule has 1 aromatic heterocycles. The Morgan fingerprint density at radius 3 is 2.46 bits per heavy atom. The van der Waals surface area contributed by atoms with Crippen LogP contribution in [0.4, 0.5) is 11.4 Å². The lowest BCUT2D eigenvalue weighted by Gasteiger charge is -2.26. The van der Waals surface area contributed by atoms with Gasteiger partial charge in [0.25, 0.3) is 0 Å². The zero-order chi connectivity index (χ0) is 28.3. The molecule has 0 fully saturated rings. The first-order valence-corrected chi connectivity index (χ1v) is 13.5. The second kappa shape index (κ2) is 12.3. The van der Waals surface area contributed by atoms with Crippen molar-refractivity contribution in [3.63, 3.8) is 0 Å². The fourth-order valence-electron chi connectivity index (χ4n) is 4.98. The largest absolute Gasteiger partial charge is 0.495 e. The number of H-pyrrole nitrogens is 1. The van der Waals surface area contributed by atoms with E-state index in [1.165, 1.54) is 6.08 Å². The Kier molecular flexibility index (Phi) is 9.10. The van der Waals surface area contributed by atoms with Crippen LogP contribution in [0, 0.1) is 0 Å². The molecular formula is C29H35Cl2N5O3. The standard InChI is InChI=1S/C29H35Cl2N5O3/c1-7-25(37)32-21-11-9-18(36(4)13-12-35(2)3)15-20(21)29-19-10-8-17(14-22(19)33-34-29)26-27(30)23(38-5)16-24(39-6)28(26)31/h7,9,11,15-17H,1,8,10,12-14H2,2-6H3,(H,32,37)(H,33,34). The number of aromatic nitrogens is 2. The van der Waals surface area contributed by atoms with Gasteiger partial charge in [0.15, 0.2) is 0 Å². The Morgan fingerprint density at radius 2 is 1.85 bits per heavy atom. The number of fused-ring (bicyclic) bond motifs is 1. The van der Waals surface area contributed by atoms with E-state index in [2.05, 4.69) is 54.0 Å². The van der Waals surface area contributed by atoms with Gasteiger partial charge in [-0.15, -0.1) is 0 Å². The van der Waals surface area contributed by atoms with Gasteiger partial charge in [0, 0.05) is 54.3 Å². The molecule has 1 unspecified atom stereocenters. The fraction of sp³-hybridized carbons (Fsp3) is 0.379. The zero-order valence-electron chi connectivity index (χ0n) is 23.0. The predicted octanol–water partition coefficient (Wildman–Crippen LogP) is 5.80. The third-order valence-corrected chi connectivity index (χ3v) is 7.97. The molecule has 1 heterocycles. The van der Waals surface area contributed by atoms with Crippen molar-refractivity contribution in [1.29, 1.82) is 0 Å². The summed E-state index contributed by atoms with van der Waals surface area (Å²) in [4.78, 5) is 16.6. The summed E-state index contributed by atoms with van der Waals surface area (Å²) in [6, 6.07) is 7.72. The lowest BCUT2D eigenvalue weighted by atomic mass is 9.81. The number of halogens is 2. The minimum atomic E-state index is -0.273. The number of carbonyl (C=O) groups excluding carboxylic acids is 1. The number of aromatic amines is 1. The van der Waals surface area contributed by atoms with E-state index in [1.807, 2.05) is 12.1 Å². The maximum absolute atomic E-state index is 12.2. The minimum Gasteiger partial charge on any atom is -0.495 e. The van der Waals surface area contributed by atoms with Crippen molar-refractivity contribution in [3.05, 3.63) is 63.8 Å². The number of methoxy groups -OCH3 is 2. The lowest BCUT2D eigenvalue weighted by Crippen LogP contribution is -2.28. The SMILES string of the molecule is C=CC(=O)Nc1ccc(N(C)CCN(C)C)cc1-c1n[nH]c2c1CCC(c1c(Cl)c(OC)cc(OC)c1Cl)C2. The average Bonchev–Trinajstić information content (AvgIpc) is 3.35. The monoisotopic (exact) mass is 571 g/mol. The normalized spacial score (nSPS) is 14.6. The molecule has 2 N–H and O–H groups in total. The Morgan fingerprint density at radius 1 is 1.15 bits per heavy atom. The molecule has 8 nitrogen and oxygen atoms in total. The second-order valence-electron chi connectivity index (χ2n) is 9.94. The quantitative estimate of drug-likeness (QED) is 0.299. The van der Waals surface area contributed by atoms with E-state index in [1.54, 1.807) is 20.3 Å². The Labute approximate surface area is 239 Å². The average molecular weight is 573 g/mol. The molecule has 0 aliphatic heterocycles. The summed E-state index contributed by atoms with van der Waals surface area (Å²) in [7, 11) is 9.32. The van der Waals surface area contributed by atoms with Crippen LogP contribution < -0.4 is 19.7 Å². The van der Waals surface area contributed by atoms with Gasteiger partial charge >= 0.3 is 0 Å². The van der Waals surface area contributed by atoms with Gasteiger partial charge in [-0.2, -0.15) is 5.10 Å². The maximum Gasteiger partial charge on any atom is 0.247 e. The molecule has 208 valence electrons. The van der Waals surface area contributed by atoms with Crippen LogP contribution in [0.25, 0.3) is 11.3 Å². The third kappa shape index (κ3) is 6.03. The van der Waals surface area contributed by atoms with Crippen molar-refractivity contribution in [3.8, 4) is 22.8 Å². The Bertz CT molecular complexity index is 1340. The van der Waals surface area contributed by atoms with Gasteiger partial charge in [-0.1, -0.05) is 29.8 Å². The first-order valence-electron chi connectivity index (χ1n) is 12.8. The van der Waals surface area contributed by atoms with Gasteiger partial charge in [0.2, 0.25) is 5.91 Å². The number of anilines is 2. The Balaban J connectivity index is 1.71. The van der Waals surface area contributed by atoms with Crippen molar-refractivity contribution < 1.29 is 14.3 Å². The van der Waals surface area contributed by atoms with Crippen molar-refractivity contribution in [2.45, 2.75) is 25.2 Å². The number of amides is 1. The highest BCUT2D eigenvalue weighted by atomic mass is 35.5. The van der Waals surface area contributed by atoms with E-state index in [0.29, 0.717) is 33.7 Å². The summed E-state index contributed by atoms with van der Waals surface area (Å²) in [6.07, 6.45) is 3.51. The number of benzene rings is 2. The van der Waals surface area contributed by atoms with E-state index in [-0.39, 0.29) is 11.8 Å². The molecule has 2 aromatic carbocycles. The molecule has 39 heavy (non-hydrogen) atoms. The number of hydrogen-bond acceptors (Lipinski definition) is 6. The minimum absolute atomic E-state index is 0.0539. The number of nitrogens with zero attached hydrogens (tertiary/aromatic N) is 3. The van der Waals surface area contributed by atoms with Crippen LogP contribution in [0.2, 0.25) is 10.0 Å². The van der Waals surface area contributed by atoms with Crippen LogP contribution in [0.1, 0.15) is 29.2 Å². The van der Waals surface area contributed by atoms with E-state index in [0.717, 1.165) is 59.7 Å². The summed E-state index contributed by atoms with van der Waals surface area (Å²) in [5.74, 6) is 0.840. The van der Waals surface area contributed by atoms with Gasteiger partial charge in [0.1, 0.15) is 11.5 Å². The number of carbonyl (C=O) groups is 1. The number of nitrogens with one attached hydrogen (secondary N) is 2. The molecule has 3 aromatic rings. The summed E-state index contributed by atoms with van der Waals surface area (Å²) < 4.78 is 11.0. The van der Waals surface area contributed by atoms with E-state index < -0.39 is 0 Å². The highest BCUT2D eigenvalue weighted by molar-refractivity contribution is 6.38. The molecule has 1 aliphatic rings. The molecule has 0 radical (unpaired) electrons. The molecule has 0 spiro atoms. The molecule has 0 saturated heterocycles. The van der Waals surface area contributed by atoms with Crippen molar-refractivity contribution in [2.75, 3.05) is 58.7 Å². The Hall–Kier alpha value is -3.20. The van der Waals surface area contributed by atoms with Gasteiger partial charge in [0.05, 0.1) is 35.6 Å². The van der Waals surface area contributed by atoms with E-state index >= 15 is 0 Å². The van der Waals surface area contributed by atoms with Gasteiger partial charge < -0.3 is 24.6 Å². The number of ether oxygens (including phenoxy) is 2. The molecule has 0 saturated carbocycles. The topological polar surface area (TPSA) is 82.7 Å². The molecule has 1 atom stereocenters. The smallest absolute Gasteiger partial charge is 0.247 e. The van der Waals surface area contributed by atoms with Crippen LogP contribution in [0.3, 0.4) is 0 Å².